The number of hydrogen-bond donors (Lipinski definition) is 0. The van der Waals surface area contributed by atoms with E-state index in [0.29, 0.717) is 23.8 Å². The van der Waals surface area contributed by atoms with E-state index in [9.17, 15) is 8.42 Å². The smallest absolute Gasteiger partial charge is 0.243 e. The highest BCUT2D eigenvalue weighted by molar-refractivity contribution is 7.89. The van der Waals surface area contributed by atoms with Crippen LogP contribution >= 0.6 is 0 Å². The second-order valence-electron chi connectivity index (χ2n) is 7.47. The minimum Gasteiger partial charge on any atom is -0.361 e. The zero-order valence-electron chi connectivity index (χ0n) is 16.0. The lowest BCUT2D eigenvalue weighted by molar-refractivity contribution is 0.368. The summed E-state index contributed by atoms with van der Waals surface area (Å²) in [6.07, 6.45) is 3.32. The number of sulfonamides is 1. The maximum absolute atomic E-state index is 13.3. The van der Waals surface area contributed by atoms with Crippen molar-refractivity contribution in [1.82, 2.24) is 9.46 Å². The fraction of sp³-hybridized carbons (Fsp3) is 0.550. The molecule has 0 saturated carbocycles. The Balaban J connectivity index is 1.92. The van der Waals surface area contributed by atoms with E-state index in [2.05, 4.69) is 19.0 Å². The van der Waals surface area contributed by atoms with Crippen LogP contribution in [0.15, 0.2) is 33.7 Å². The minimum atomic E-state index is -3.54. The van der Waals surface area contributed by atoms with Crippen molar-refractivity contribution in [2.45, 2.75) is 64.3 Å². The molecule has 1 atom stereocenters. The van der Waals surface area contributed by atoms with E-state index in [1.54, 1.807) is 16.4 Å². The molecule has 0 N–H and O–H groups in total. The number of rotatable bonds is 6. The Kier molecular flexibility index (Phi) is 5.53. The quantitative estimate of drug-likeness (QED) is 0.755. The van der Waals surface area contributed by atoms with Crippen molar-refractivity contribution in [2.24, 2.45) is 5.92 Å². The predicted molar refractivity (Wildman–Crippen MR) is 101 cm³/mol. The number of hydrogen-bond acceptors (Lipinski definition) is 4. The van der Waals surface area contributed by atoms with Gasteiger partial charge >= 0.3 is 0 Å². The maximum atomic E-state index is 13.3. The first kappa shape index (κ1) is 19.1. The molecule has 0 radical (unpaired) electrons. The fourth-order valence-corrected chi connectivity index (χ4v) is 5.49. The van der Waals surface area contributed by atoms with Gasteiger partial charge in [0.05, 0.1) is 16.6 Å². The first-order valence-corrected chi connectivity index (χ1v) is 10.8. The molecular weight excluding hydrogens is 348 g/mol. The van der Waals surface area contributed by atoms with Gasteiger partial charge in [0, 0.05) is 18.5 Å². The van der Waals surface area contributed by atoms with Crippen LogP contribution in [-0.2, 0) is 22.9 Å². The van der Waals surface area contributed by atoms with E-state index >= 15 is 0 Å². The van der Waals surface area contributed by atoms with E-state index in [-0.39, 0.29) is 6.04 Å². The lowest BCUT2D eigenvalue weighted by Crippen LogP contribution is -2.31. The molecule has 142 valence electrons. The molecule has 0 amide bonds. The third kappa shape index (κ3) is 3.58. The molecule has 5 nitrogen and oxygen atoms in total. The van der Waals surface area contributed by atoms with Crippen LogP contribution in [0.3, 0.4) is 0 Å². The van der Waals surface area contributed by atoms with Crippen molar-refractivity contribution < 1.29 is 12.9 Å². The Hall–Kier alpha value is -1.66. The summed E-state index contributed by atoms with van der Waals surface area (Å²) in [6, 6.07) is 7.16. The fourth-order valence-electron chi connectivity index (χ4n) is 3.83. The summed E-state index contributed by atoms with van der Waals surface area (Å²) in [6.45, 7) is 8.75. The Bertz CT molecular complexity index is 854. The largest absolute Gasteiger partial charge is 0.361 e. The van der Waals surface area contributed by atoms with Crippen molar-refractivity contribution in [2.75, 3.05) is 6.54 Å². The first-order valence-electron chi connectivity index (χ1n) is 9.40. The summed E-state index contributed by atoms with van der Waals surface area (Å²) >= 11 is 0. The maximum Gasteiger partial charge on any atom is 0.243 e. The van der Waals surface area contributed by atoms with Gasteiger partial charge in [-0.1, -0.05) is 38.1 Å². The third-order valence-electron chi connectivity index (χ3n) is 5.01. The first-order chi connectivity index (χ1) is 12.3. The third-order valence-corrected chi connectivity index (χ3v) is 6.94. The number of aromatic nitrogens is 1. The van der Waals surface area contributed by atoms with Gasteiger partial charge in [-0.05, 0) is 49.8 Å². The van der Waals surface area contributed by atoms with Gasteiger partial charge in [-0.25, -0.2) is 8.42 Å². The molecular formula is C20H28N2O3S. The topological polar surface area (TPSA) is 63.4 Å². The molecule has 26 heavy (non-hydrogen) atoms. The summed E-state index contributed by atoms with van der Waals surface area (Å²) in [5, 5.41) is 4.06. The van der Waals surface area contributed by atoms with Crippen LogP contribution in [0.4, 0.5) is 0 Å². The molecule has 1 saturated heterocycles. The van der Waals surface area contributed by atoms with E-state index in [0.717, 1.165) is 36.3 Å². The molecule has 6 heteroatoms. The van der Waals surface area contributed by atoms with Crippen molar-refractivity contribution in [1.29, 1.82) is 0 Å². The lowest BCUT2D eigenvalue weighted by atomic mass is 10.0. The van der Waals surface area contributed by atoms with Crippen LogP contribution < -0.4 is 0 Å². The zero-order valence-corrected chi connectivity index (χ0v) is 16.8. The average molecular weight is 377 g/mol. The molecule has 1 aliphatic heterocycles. The van der Waals surface area contributed by atoms with E-state index < -0.39 is 10.0 Å². The molecule has 0 spiro atoms. The van der Waals surface area contributed by atoms with Crippen molar-refractivity contribution in [3.8, 4) is 0 Å². The lowest BCUT2D eigenvalue weighted by Gasteiger charge is -2.24. The highest BCUT2D eigenvalue weighted by Gasteiger charge is 2.39. The van der Waals surface area contributed by atoms with Crippen molar-refractivity contribution in [3.05, 3.63) is 46.8 Å². The monoisotopic (exact) mass is 376 g/mol. The van der Waals surface area contributed by atoms with Gasteiger partial charge in [0.15, 0.2) is 0 Å². The molecule has 2 aromatic rings. The van der Waals surface area contributed by atoms with Gasteiger partial charge in [0.25, 0.3) is 0 Å². The van der Waals surface area contributed by atoms with Gasteiger partial charge in [-0.3, -0.25) is 0 Å². The summed E-state index contributed by atoms with van der Waals surface area (Å²) in [4.78, 5) is 0.365. The summed E-state index contributed by atoms with van der Waals surface area (Å²) in [5.74, 6) is 1.34. The van der Waals surface area contributed by atoms with Gasteiger partial charge in [0.1, 0.15) is 5.76 Å². The van der Waals surface area contributed by atoms with Crippen molar-refractivity contribution in [3.63, 3.8) is 0 Å². The molecule has 1 aliphatic rings. The number of aryl methyl sites for hydroxylation is 2. The Morgan fingerprint density at radius 3 is 2.58 bits per heavy atom. The molecule has 2 heterocycles. The average Bonchev–Trinajstić information content (AvgIpc) is 3.21. The molecule has 0 unspecified atom stereocenters. The van der Waals surface area contributed by atoms with Crippen LogP contribution in [0, 0.1) is 12.8 Å². The Labute approximate surface area is 156 Å². The second kappa shape index (κ2) is 7.53. The molecule has 1 aromatic heterocycles. The molecule has 0 aliphatic carbocycles. The van der Waals surface area contributed by atoms with Gasteiger partial charge in [-0.15, -0.1) is 0 Å². The Morgan fingerprint density at radius 2 is 1.96 bits per heavy atom. The zero-order chi connectivity index (χ0) is 18.9. The molecule has 3 rings (SSSR count). The minimum absolute atomic E-state index is 0.184. The summed E-state index contributed by atoms with van der Waals surface area (Å²) in [7, 11) is -3.54. The molecule has 1 fully saturated rings. The van der Waals surface area contributed by atoms with E-state index in [1.807, 2.05) is 26.0 Å². The van der Waals surface area contributed by atoms with E-state index in [4.69, 9.17) is 4.52 Å². The Morgan fingerprint density at radius 1 is 1.27 bits per heavy atom. The van der Waals surface area contributed by atoms with Gasteiger partial charge < -0.3 is 4.52 Å². The standard InChI is InChI=1S/C20H28N2O3S/c1-5-19-20(15(4)21-25-19)18-7-6-12-22(18)26(23,24)17-10-8-16(9-11-17)13-14(2)3/h8-11,14,18H,5-7,12-13H2,1-4H3/t18-/m1/s1. The van der Waals surface area contributed by atoms with Gasteiger partial charge in [0.2, 0.25) is 10.0 Å². The van der Waals surface area contributed by atoms with E-state index in [1.165, 1.54) is 5.56 Å². The van der Waals surface area contributed by atoms with Crippen LogP contribution in [-0.4, -0.2) is 24.4 Å². The second-order valence-corrected chi connectivity index (χ2v) is 9.36. The van der Waals surface area contributed by atoms with Crippen LogP contribution in [0.2, 0.25) is 0 Å². The number of nitrogens with zero attached hydrogens (tertiary/aromatic N) is 2. The highest BCUT2D eigenvalue weighted by atomic mass is 32.2. The van der Waals surface area contributed by atoms with Crippen molar-refractivity contribution >= 4 is 10.0 Å². The van der Waals surface area contributed by atoms with Crippen LogP contribution in [0.1, 0.15) is 62.2 Å². The summed E-state index contributed by atoms with van der Waals surface area (Å²) in [5.41, 5.74) is 2.91. The van der Waals surface area contributed by atoms with Crippen LogP contribution in [0.25, 0.3) is 0 Å². The van der Waals surface area contributed by atoms with Crippen LogP contribution in [0.5, 0.6) is 0 Å². The van der Waals surface area contributed by atoms with Gasteiger partial charge in [-0.2, -0.15) is 4.31 Å². The molecule has 1 aromatic carbocycles. The highest BCUT2D eigenvalue weighted by Crippen LogP contribution is 2.39. The molecule has 0 bridgehead atoms. The summed E-state index contributed by atoms with van der Waals surface area (Å²) < 4.78 is 33.6. The number of benzene rings is 1. The normalized spacial score (nSPS) is 18.7. The predicted octanol–water partition coefficient (Wildman–Crippen LogP) is 4.27. The SMILES string of the molecule is CCc1onc(C)c1[C@H]1CCCN1S(=O)(=O)c1ccc(CC(C)C)cc1.